The molecule has 1 aliphatic heterocycles. The molecule has 1 atom stereocenters. The normalized spacial score (nSPS) is 17.5. The molecule has 1 fully saturated rings. The maximum absolute atomic E-state index is 12.8. The van der Waals surface area contributed by atoms with Gasteiger partial charge in [-0.2, -0.15) is 0 Å². The van der Waals surface area contributed by atoms with Crippen LogP contribution >= 0.6 is 35.0 Å². The van der Waals surface area contributed by atoms with Crippen molar-refractivity contribution in [3.05, 3.63) is 58.1 Å². The molecular formula is C21H19Cl2N3O4S. The molecule has 7 nitrogen and oxygen atoms in total. The van der Waals surface area contributed by atoms with Gasteiger partial charge >= 0.3 is 5.97 Å². The standard InChI is InChI=1S/C21H19Cl2N3O4S/c1-3-26-18(27)11-17(31-21(26)25-14-8-9-15(22)16(23)10-14)19(28)24-13-6-4-12(5-7-13)20(29)30-2/h4-10,17H,3,11H2,1-2H3,(H,24,28). The van der Waals surface area contributed by atoms with Gasteiger partial charge < -0.3 is 10.1 Å². The first-order valence-electron chi connectivity index (χ1n) is 9.32. The number of thioether (sulfide) groups is 1. The van der Waals surface area contributed by atoms with Crippen LogP contribution in [0.15, 0.2) is 47.5 Å². The van der Waals surface area contributed by atoms with Crippen LogP contribution in [-0.2, 0) is 14.3 Å². The molecule has 1 unspecified atom stereocenters. The molecule has 10 heteroatoms. The third-order valence-electron chi connectivity index (χ3n) is 4.45. The minimum Gasteiger partial charge on any atom is -0.465 e. The van der Waals surface area contributed by atoms with Gasteiger partial charge in [0.1, 0.15) is 5.25 Å². The quantitative estimate of drug-likeness (QED) is 0.624. The highest BCUT2D eigenvalue weighted by Gasteiger charge is 2.35. The average molecular weight is 480 g/mol. The van der Waals surface area contributed by atoms with Crippen molar-refractivity contribution in [1.29, 1.82) is 0 Å². The summed E-state index contributed by atoms with van der Waals surface area (Å²) in [5, 5.41) is 3.29. The number of amidine groups is 1. The van der Waals surface area contributed by atoms with Crippen molar-refractivity contribution in [2.75, 3.05) is 19.0 Å². The molecule has 162 valence electrons. The highest BCUT2D eigenvalue weighted by Crippen LogP contribution is 2.32. The predicted octanol–water partition coefficient (Wildman–Crippen LogP) is 4.76. The lowest BCUT2D eigenvalue weighted by Crippen LogP contribution is -2.45. The second-order valence-electron chi connectivity index (χ2n) is 6.50. The minimum atomic E-state index is -0.655. The monoisotopic (exact) mass is 479 g/mol. The highest BCUT2D eigenvalue weighted by atomic mass is 35.5. The molecule has 1 aliphatic rings. The van der Waals surface area contributed by atoms with Crippen LogP contribution in [0.3, 0.4) is 0 Å². The molecule has 0 aromatic heterocycles. The van der Waals surface area contributed by atoms with Gasteiger partial charge in [0.25, 0.3) is 0 Å². The summed E-state index contributed by atoms with van der Waals surface area (Å²) in [7, 11) is 1.30. The fraction of sp³-hybridized carbons (Fsp3) is 0.238. The number of carbonyl (C=O) groups excluding carboxylic acids is 3. The zero-order valence-corrected chi connectivity index (χ0v) is 19.1. The number of amides is 2. The lowest BCUT2D eigenvalue weighted by Gasteiger charge is -2.30. The van der Waals surface area contributed by atoms with E-state index in [-0.39, 0.29) is 18.2 Å². The van der Waals surface area contributed by atoms with Gasteiger partial charge in [-0.05, 0) is 49.4 Å². The second kappa shape index (κ2) is 10.2. The summed E-state index contributed by atoms with van der Waals surface area (Å²) in [6.45, 7) is 2.27. The Morgan fingerprint density at radius 3 is 2.52 bits per heavy atom. The van der Waals surface area contributed by atoms with Gasteiger partial charge in [-0.15, -0.1) is 0 Å². The third-order valence-corrected chi connectivity index (χ3v) is 6.38. The third kappa shape index (κ3) is 5.58. The van der Waals surface area contributed by atoms with Gasteiger partial charge in [0, 0.05) is 18.7 Å². The Kier molecular flexibility index (Phi) is 7.59. The fourth-order valence-electron chi connectivity index (χ4n) is 2.85. The predicted molar refractivity (Wildman–Crippen MR) is 123 cm³/mol. The summed E-state index contributed by atoms with van der Waals surface area (Å²) in [6, 6.07) is 11.2. The number of benzene rings is 2. The van der Waals surface area contributed by atoms with Crippen molar-refractivity contribution >= 4 is 69.3 Å². The van der Waals surface area contributed by atoms with Crippen LogP contribution < -0.4 is 5.32 Å². The van der Waals surface area contributed by atoms with Gasteiger partial charge in [-0.3, -0.25) is 14.5 Å². The van der Waals surface area contributed by atoms with Gasteiger partial charge in [-0.1, -0.05) is 35.0 Å². The summed E-state index contributed by atoms with van der Waals surface area (Å²) in [4.78, 5) is 43.0. The van der Waals surface area contributed by atoms with Crippen LogP contribution in [0.1, 0.15) is 23.7 Å². The van der Waals surface area contributed by atoms with Crippen molar-refractivity contribution in [2.45, 2.75) is 18.6 Å². The SMILES string of the molecule is CCN1C(=O)CC(C(=O)Nc2ccc(C(=O)OC)cc2)SC1=Nc1ccc(Cl)c(Cl)c1. The zero-order chi connectivity index (χ0) is 22.5. The molecule has 1 N–H and O–H groups in total. The van der Waals surface area contributed by atoms with Gasteiger partial charge in [0.2, 0.25) is 11.8 Å². The van der Waals surface area contributed by atoms with Crippen LogP contribution in [0.25, 0.3) is 0 Å². The average Bonchev–Trinajstić information content (AvgIpc) is 2.76. The van der Waals surface area contributed by atoms with E-state index in [0.29, 0.717) is 38.7 Å². The van der Waals surface area contributed by atoms with Crippen molar-refractivity contribution < 1.29 is 19.1 Å². The molecule has 2 amide bonds. The highest BCUT2D eigenvalue weighted by molar-refractivity contribution is 8.15. The lowest BCUT2D eigenvalue weighted by molar-refractivity contribution is -0.129. The maximum atomic E-state index is 12.8. The summed E-state index contributed by atoms with van der Waals surface area (Å²) >= 11 is 13.2. The lowest BCUT2D eigenvalue weighted by atomic mass is 10.2. The summed E-state index contributed by atoms with van der Waals surface area (Å²) in [5.74, 6) is -0.989. The van der Waals surface area contributed by atoms with Crippen LogP contribution in [0.4, 0.5) is 11.4 Å². The zero-order valence-electron chi connectivity index (χ0n) is 16.7. The van der Waals surface area contributed by atoms with E-state index in [4.69, 9.17) is 23.2 Å². The number of hydrogen-bond donors (Lipinski definition) is 1. The van der Waals surface area contributed by atoms with E-state index in [1.165, 1.54) is 23.8 Å². The first-order valence-corrected chi connectivity index (χ1v) is 11.0. The summed E-state index contributed by atoms with van der Waals surface area (Å²) < 4.78 is 4.66. The Labute approximate surface area is 193 Å². The van der Waals surface area contributed by atoms with E-state index >= 15 is 0 Å². The Bertz CT molecular complexity index is 1040. The molecule has 1 saturated heterocycles. The second-order valence-corrected chi connectivity index (χ2v) is 8.48. The molecule has 0 spiro atoms. The van der Waals surface area contributed by atoms with Gasteiger partial charge in [0.05, 0.1) is 28.4 Å². The molecule has 0 aliphatic carbocycles. The Morgan fingerprint density at radius 2 is 1.90 bits per heavy atom. The van der Waals surface area contributed by atoms with Crippen molar-refractivity contribution in [1.82, 2.24) is 4.90 Å². The molecule has 1 heterocycles. The Hall–Kier alpha value is -2.55. The van der Waals surface area contributed by atoms with Gasteiger partial charge in [0.15, 0.2) is 5.17 Å². The number of hydrogen-bond acceptors (Lipinski definition) is 6. The van der Waals surface area contributed by atoms with E-state index in [1.54, 1.807) is 42.5 Å². The largest absolute Gasteiger partial charge is 0.465 e. The molecule has 2 aromatic rings. The van der Waals surface area contributed by atoms with Crippen molar-refractivity contribution in [3.63, 3.8) is 0 Å². The molecule has 0 bridgehead atoms. The molecule has 3 rings (SSSR count). The van der Waals surface area contributed by atoms with E-state index < -0.39 is 11.2 Å². The van der Waals surface area contributed by atoms with E-state index in [2.05, 4.69) is 15.0 Å². The number of rotatable bonds is 5. The molecule has 0 radical (unpaired) electrons. The first kappa shape index (κ1) is 23.1. The topological polar surface area (TPSA) is 88.1 Å². The molecule has 2 aromatic carbocycles. The maximum Gasteiger partial charge on any atom is 0.337 e. The Balaban J connectivity index is 1.77. The number of esters is 1. The number of carbonyl (C=O) groups is 3. The summed E-state index contributed by atoms with van der Waals surface area (Å²) in [5.41, 5.74) is 1.41. The van der Waals surface area contributed by atoms with Crippen LogP contribution in [0.2, 0.25) is 10.0 Å². The van der Waals surface area contributed by atoms with E-state index in [0.717, 1.165) is 0 Å². The smallest absolute Gasteiger partial charge is 0.337 e. The van der Waals surface area contributed by atoms with Crippen LogP contribution in [0.5, 0.6) is 0 Å². The van der Waals surface area contributed by atoms with E-state index in [1.807, 2.05) is 6.92 Å². The van der Waals surface area contributed by atoms with Gasteiger partial charge in [-0.25, -0.2) is 9.79 Å². The molecule has 31 heavy (non-hydrogen) atoms. The number of methoxy groups -OCH3 is 1. The Morgan fingerprint density at radius 1 is 1.19 bits per heavy atom. The molecule has 0 saturated carbocycles. The summed E-state index contributed by atoms with van der Waals surface area (Å²) in [6.07, 6.45) is 0.0466. The van der Waals surface area contributed by atoms with Crippen LogP contribution in [-0.4, -0.2) is 46.8 Å². The number of aliphatic imine (C=N–C) groups is 1. The minimum absolute atomic E-state index is 0.0466. The van der Waals surface area contributed by atoms with Crippen molar-refractivity contribution in [3.8, 4) is 0 Å². The number of anilines is 1. The number of ether oxygens (including phenoxy) is 1. The first-order chi connectivity index (χ1) is 14.8. The van der Waals surface area contributed by atoms with E-state index in [9.17, 15) is 14.4 Å². The van der Waals surface area contributed by atoms with Crippen molar-refractivity contribution in [2.24, 2.45) is 4.99 Å². The van der Waals surface area contributed by atoms with Crippen LogP contribution in [0, 0.1) is 0 Å². The number of halogens is 2. The fourth-order valence-corrected chi connectivity index (χ4v) is 4.30. The number of nitrogens with zero attached hydrogens (tertiary/aromatic N) is 2. The number of nitrogens with one attached hydrogen (secondary N) is 1. The molecular weight excluding hydrogens is 461 g/mol.